The van der Waals surface area contributed by atoms with Crippen LogP contribution >= 0.6 is 0 Å². The van der Waals surface area contributed by atoms with Crippen molar-refractivity contribution in [3.8, 4) is 0 Å². The summed E-state index contributed by atoms with van der Waals surface area (Å²) in [7, 11) is 0. The topological polar surface area (TPSA) is 67.9 Å². The predicted octanol–water partition coefficient (Wildman–Crippen LogP) is 2.90. The molecule has 1 unspecified atom stereocenters. The van der Waals surface area contributed by atoms with Gasteiger partial charge in [-0.25, -0.2) is 4.98 Å². The van der Waals surface area contributed by atoms with Crippen LogP contribution in [0.2, 0.25) is 0 Å². The van der Waals surface area contributed by atoms with E-state index in [4.69, 9.17) is 5.73 Å². The van der Waals surface area contributed by atoms with Crippen LogP contribution in [0.3, 0.4) is 0 Å². The Hall–Kier alpha value is -1.75. The summed E-state index contributed by atoms with van der Waals surface area (Å²) in [6.45, 7) is 3.80. The molecule has 2 aromatic rings. The fraction of sp³-hybridized carbons (Fsp3) is 0.611. The molecule has 1 aromatic carbocycles. The lowest BCUT2D eigenvalue weighted by atomic mass is 9.97. The Labute approximate surface area is 137 Å². The summed E-state index contributed by atoms with van der Waals surface area (Å²) < 4.78 is 0. The molecule has 0 amide bonds. The summed E-state index contributed by atoms with van der Waals surface area (Å²) in [5.74, 6) is 0.921. The van der Waals surface area contributed by atoms with E-state index < -0.39 is 0 Å². The van der Waals surface area contributed by atoms with E-state index in [0.717, 1.165) is 17.5 Å². The number of rotatable bonds is 3. The second-order valence-electron chi connectivity index (χ2n) is 6.99. The van der Waals surface area contributed by atoms with E-state index in [1.807, 2.05) is 0 Å². The van der Waals surface area contributed by atoms with Gasteiger partial charge in [0.2, 0.25) is 5.95 Å². The van der Waals surface area contributed by atoms with Gasteiger partial charge in [-0.1, -0.05) is 12.8 Å². The van der Waals surface area contributed by atoms with Crippen LogP contribution in [0.1, 0.15) is 55.6 Å². The lowest BCUT2D eigenvalue weighted by Gasteiger charge is -2.22. The van der Waals surface area contributed by atoms with Crippen molar-refractivity contribution >= 4 is 17.0 Å². The standard InChI is InChI=1S/C18H25N5/c19-18-20-16-11-14-6-5-13(15(14)12-17(16)21-22-18)7-10-23-8-3-1-2-4-9-23/h11-13H,1-10H2,(H2,19,20,22). The molecule has 1 atom stereocenters. The van der Waals surface area contributed by atoms with Crippen molar-refractivity contribution < 1.29 is 0 Å². The Morgan fingerprint density at radius 2 is 1.87 bits per heavy atom. The van der Waals surface area contributed by atoms with Gasteiger partial charge in [-0.15, -0.1) is 10.2 Å². The van der Waals surface area contributed by atoms with Crippen molar-refractivity contribution in [1.29, 1.82) is 0 Å². The largest absolute Gasteiger partial charge is 0.366 e. The van der Waals surface area contributed by atoms with Gasteiger partial charge in [0.25, 0.3) is 0 Å². The van der Waals surface area contributed by atoms with Gasteiger partial charge < -0.3 is 10.6 Å². The Bertz CT molecular complexity index is 691. The molecule has 122 valence electrons. The highest BCUT2D eigenvalue weighted by Crippen LogP contribution is 2.37. The van der Waals surface area contributed by atoms with Gasteiger partial charge in [0, 0.05) is 0 Å². The first-order valence-electron chi connectivity index (χ1n) is 8.95. The maximum absolute atomic E-state index is 5.65. The summed E-state index contributed by atoms with van der Waals surface area (Å²) in [5.41, 5.74) is 10.3. The van der Waals surface area contributed by atoms with Crippen LogP contribution in [-0.4, -0.2) is 39.7 Å². The average molecular weight is 311 g/mol. The Morgan fingerprint density at radius 1 is 1.04 bits per heavy atom. The van der Waals surface area contributed by atoms with E-state index in [-0.39, 0.29) is 5.95 Å². The minimum absolute atomic E-state index is 0.258. The molecular formula is C18H25N5. The van der Waals surface area contributed by atoms with Gasteiger partial charge in [-0.3, -0.25) is 0 Å². The molecule has 0 saturated carbocycles. The number of hydrogen-bond acceptors (Lipinski definition) is 5. The van der Waals surface area contributed by atoms with Crippen LogP contribution in [-0.2, 0) is 6.42 Å². The third kappa shape index (κ3) is 3.15. The lowest BCUT2D eigenvalue weighted by Crippen LogP contribution is -2.26. The monoisotopic (exact) mass is 311 g/mol. The quantitative estimate of drug-likeness (QED) is 0.944. The van der Waals surface area contributed by atoms with Crippen molar-refractivity contribution in [2.24, 2.45) is 0 Å². The van der Waals surface area contributed by atoms with Crippen LogP contribution in [0, 0.1) is 0 Å². The molecular weight excluding hydrogens is 286 g/mol. The van der Waals surface area contributed by atoms with Crippen molar-refractivity contribution in [1.82, 2.24) is 20.1 Å². The minimum Gasteiger partial charge on any atom is -0.366 e. The number of fused-ring (bicyclic) bond motifs is 2. The zero-order valence-electron chi connectivity index (χ0n) is 13.7. The minimum atomic E-state index is 0.258. The average Bonchev–Trinajstić information content (AvgIpc) is 2.77. The van der Waals surface area contributed by atoms with Crippen molar-refractivity contribution in [2.45, 2.75) is 50.9 Å². The molecule has 23 heavy (non-hydrogen) atoms. The number of nitrogens with zero attached hydrogens (tertiary/aromatic N) is 4. The Balaban J connectivity index is 1.49. The SMILES string of the molecule is Nc1nnc2cc3c(cc2n1)CCC3CCN1CCCCCC1. The zero-order valence-corrected chi connectivity index (χ0v) is 13.7. The lowest BCUT2D eigenvalue weighted by molar-refractivity contribution is 0.273. The fourth-order valence-corrected chi connectivity index (χ4v) is 4.14. The summed E-state index contributed by atoms with van der Waals surface area (Å²) in [4.78, 5) is 6.96. The zero-order chi connectivity index (χ0) is 15.6. The molecule has 1 aromatic heterocycles. The highest BCUT2D eigenvalue weighted by Gasteiger charge is 2.24. The van der Waals surface area contributed by atoms with E-state index in [1.165, 1.54) is 69.3 Å². The molecule has 0 bridgehead atoms. The van der Waals surface area contributed by atoms with Gasteiger partial charge in [0.15, 0.2) is 0 Å². The van der Waals surface area contributed by atoms with Crippen molar-refractivity contribution in [2.75, 3.05) is 25.4 Å². The number of hydrogen-bond donors (Lipinski definition) is 1. The van der Waals surface area contributed by atoms with E-state index in [9.17, 15) is 0 Å². The highest BCUT2D eigenvalue weighted by atomic mass is 15.2. The maximum Gasteiger partial charge on any atom is 0.240 e. The van der Waals surface area contributed by atoms with Crippen LogP contribution in [0.5, 0.6) is 0 Å². The Kier molecular flexibility index (Phi) is 4.12. The predicted molar refractivity (Wildman–Crippen MR) is 92.3 cm³/mol. The van der Waals surface area contributed by atoms with Crippen LogP contribution in [0.15, 0.2) is 12.1 Å². The number of aromatic nitrogens is 3. The van der Waals surface area contributed by atoms with E-state index in [2.05, 4.69) is 32.2 Å². The van der Waals surface area contributed by atoms with Crippen molar-refractivity contribution in [3.05, 3.63) is 23.3 Å². The first-order valence-corrected chi connectivity index (χ1v) is 8.95. The molecule has 1 aliphatic carbocycles. The molecule has 5 nitrogen and oxygen atoms in total. The molecule has 1 saturated heterocycles. The molecule has 0 spiro atoms. The second-order valence-corrected chi connectivity index (χ2v) is 6.99. The summed E-state index contributed by atoms with van der Waals surface area (Å²) in [6, 6.07) is 4.37. The molecule has 0 radical (unpaired) electrons. The summed E-state index contributed by atoms with van der Waals surface area (Å²) in [5, 5.41) is 8.10. The van der Waals surface area contributed by atoms with Gasteiger partial charge in [0.1, 0.15) is 5.52 Å². The third-order valence-electron chi connectivity index (χ3n) is 5.43. The van der Waals surface area contributed by atoms with Crippen LogP contribution in [0.4, 0.5) is 5.95 Å². The van der Waals surface area contributed by atoms with Gasteiger partial charge in [-0.2, -0.15) is 0 Å². The number of benzene rings is 1. The van der Waals surface area contributed by atoms with Gasteiger partial charge >= 0.3 is 0 Å². The van der Waals surface area contributed by atoms with Crippen LogP contribution in [0.25, 0.3) is 11.0 Å². The first-order chi connectivity index (χ1) is 11.3. The number of nitrogens with two attached hydrogens (primary N) is 1. The molecule has 5 heteroatoms. The van der Waals surface area contributed by atoms with E-state index >= 15 is 0 Å². The van der Waals surface area contributed by atoms with Crippen molar-refractivity contribution in [3.63, 3.8) is 0 Å². The van der Waals surface area contributed by atoms with Gasteiger partial charge in [0.05, 0.1) is 5.52 Å². The number of likely N-dealkylation sites (tertiary alicyclic amines) is 1. The Morgan fingerprint density at radius 3 is 2.70 bits per heavy atom. The first kappa shape index (κ1) is 14.8. The third-order valence-corrected chi connectivity index (χ3v) is 5.43. The number of aryl methyl sites for hydroxylation is 1. The molecule has 2 N–H and O–H groups in total. The smallest absolute Gasteiger partial charge is 0.240 e. The summed E-state index contributed by atoms with van der Waals surface area (Å²) in [6.07, 6.45) is 9.22. The highest BCUT2D eigenvalue weighted by molar-refractivity contribution is 5.77. The fourth-order valence-electron chi connectivity index (χ4n) is 4.14. The molecule has 2 aliphatic rings. The second kappa shape index (κ2) is 6.40. The summed E-state index contributed by atoms with van der Waals surface area (Å²) >= 11 is 0. The van der Waals surface area contributed by atoms with Gasteiger partial charge in [-0.05, 0) is 80.9 Å². The van der Waals surface area contributed by atoms with E-state index in [0.29, 0.717) is 5.92 Å². The maximum atomic E-state index is 5.65. The van der Waals surface area contributed by atoms with E-state index in [1.54, 1.807) is 0 Å². The van der Waals surface area contributed by atoms with Crippen LogP contribution < -0.4 is 5.73 Å². The molecule has 1 aliphatic heterocycles. The number of anilines is 1. The molecule has 1 fully saturated rings. The normalized spacial score (nSPS) is 22.2. The molecule has 4 rings (SSSR count). The molecule has 2 heterocycles. The number of nitrogen functional groups attached to an aromatic ring is 1.